The van der Waals surface area contributed by atoms with Gasteiger partial charge in [-0.2, -0.15) is 0 Å². The van der Waals surface area contributed by atoms with E-state index in [0.29, 0.717) is 30.6 Å². The summed E-state index contributed by atoms with van der Waals surface area (Å²) in [7, 11) is -1.89. The lowest BCUT2D eigenvalue weighted by molar-refractivity contribution is -0.151. The number of thiocarbonyl (C=S) groups is 1. The van der Waals surface area contributed by atoms with Gasteiger partial charge in [0.05, 0.1) is 11.4 Å². The van der Waals surface area contributed by atoms with E-state index < -0.39 is 8.32 Å². The Morgan fingerprint density at radius 3 is 2.22 bits per heavy atom. The van der Waals surface area contributed by atoms with E-state index in [2.05, 4.69) is 33.9 Å². The first-order chi connectivity index (χ1) is 10.6. The van der Waals surface area contributed by atoms with Crippen LogP contribution in [-0.2, 0) is 18.6 Å². The van der Waals surface area contributed by atoms with Gasteiger partial charge >= 0.3 is 0 Å². The van der Waals surface area contributed by atoms with E-state index in [-0.39, 0.29) is 22.7 Å². The Hall–Kier alpha value is 0.337. The molecule has 0 saturated carbocycles. The molecule has 4 nitrogen and oxygen atoms in total. The zero-order valence-electron chi connectivity index (χ0n) is 15.5. The van der Waals surface area contributed by atoms with Crippen LogP contribution in [0.15, 0.2) is 0 Å². The molecule has 1 saturated heterocycles. The molecule has 136 valence electrons. The van der Waals surface area contributed by atoms with Crippen LogP contribution in [0.4, 0.5) is 0 Å². The number of hydrogen-bond acceptors (Lipinski definition) is 6. The van der Waals surface area contributed by atoms with Gasteiger partial charge in [0.25, 0.3) is 0 Å². The summed E-state index contributed by atoms with van der Waals surface area (Å²) in [5.41, 5.74) is 0. The van der Waals surface area contributed by atoms with E-state index in [4.69, 9.17) is 30.9 Å². The first-order valence-electron chi connectivity index (χ1n) is 8.35. The number of rotatable bonds is 9. The van der Waals surface area contributed by atoms with Gasteiger partial charge in [0.1, 0.15) is 6.61 Å². The van der Waals surface area contributed by atoms with Gasteiger partial charge in [0, 0.05) is 19.6 Å². The summed E-state index contributed by atoms with van der Waals surface area (Å²) >= 11 is 6.78. The molecule has 0 bridgehead atoms. The third-order valence-electron chi connectivity index (χ3n) is 4.41. The molecule has 0 amide bonds. The van der Waals surface area contributed by atoms with E-state index >= 15 is 0 Å². The van der Waals surface area contributed by atoms with E-state index in [1.54, 1.807) is 11.8 Å². The molecule has 2 unspecified atom stereocenters. The van der Waals surface area contributed by atoms with Crippen molar-refractivity contribution in [3.05, 3.63) is 0 Å². The van der Waals surface area contributed by atoms with Crippen molar-refractivity contribution in [2.24, 2.45) is 0 Å². The van der Waals surface area contributed by atoms with Crippen LogP contribution in [0.5, 0.6) is 0 Å². The maximum atomic E-state index is 6.68. The van der Waals surface area contributed by atoms with Gasteiger partial charge in [-0.05, 0) is 44.2 Å². The largest absolute Gasteiger partial charge is 0.477 e. The van der Waals surface area contributed by atoms with Crippen molar-refractivity contribution in [2.45, 2.75) is 76.8 Å². The Labute approximate surface area is 152 Å². The Bertz CT molecular complexity index is 379. The van der Waals surface area contributed by atoms with Crippen molar-refractivity contribution in [3.63, 3.8) is 0 Å². The van der Waals surface area contributed by atoms with Crippen LogP contribution < -0.4 is 0 Å². The number of thioether (sulfide) groups is 1. The van der Waals surface area contributed by atoms with Crippen LogP contribution in [-0.4, -0.2) is 50.2 Å². The molecule has 2 atom stereocenters. The highest BCUT2D eigenvalue weighted by molar-refractivity contribution is 8.23. The van der Waals surface area contributed by atoms with Crippen molar-refractivity contribution in [2.75, 3.05) is 19.8 Å². The van der Waals surface area contributed by atoms with Gasteiger partial charge in [-0.1, -0.05) is 32.5 Å². The summed E-state index contributed by atoms with van der Waals surface area (Å²) in [6, 6.07) is 0. The molecule has 0 aromatic rings. The summed E-state index contributed by atoms with van der Waals surface area (Å²) < 4.78 is 24.2. The second-order valence-electron chi connectivity index (χ2n) is 7.21. The molecule has 1 fully saturated rings. The first-order valence-corrected chi connectivity index (χ1v) is 12.5. The highest BCUT2D eigenvalue weighted by Crippen LogP contribution is 2.40. The summed E-state index contributed by atoms with van der Waals surface area (Å²) in [4.78, 5) is 0. The molecule has 1 rings (SSSR count). The highest BCUT2D eigenvalue weighted by Gasteiger charge is 2.43. The van der Waals surface area contributed by atoms with Crippen molar-refractivity contribution in [1.29, 1.82) is 0 Å². The molecule has 1 aliphatic rings. The smallest absolute Gasteiger partial charge is 0.220 e. The van der Waals surface area contributed by atoms with E-state index in [9.17, 15) is 0 Å². The molecule has 1 aliphatic heterocycles. The monoisotopic (exact) mass is 380 g/mol. The fraction of sp³-hybridized carbons (Fsp3) is 0.938. The quantitative estimate of drug-likeness (QED) is 0.331. The zero-order valence-corrected chi connectivity index (χ0v) is 18.1. The van der Waals surface area contributed by atoms with E-state index in [1.165, 1.54) is 0 Å². The lowest BCUT2D eigenvalue weighted by Gasteiger charge is -2.41. The second kappa shape index (κ2) is 9.15. The predicted molar refractivity (Wildman–Crippen MR) is 104 cm³/mol. The molecule has 0 spiro atoms. The predicted octanol–water partition coefficient (Wildman–Crippen LogP) is 4.58. The molecular formula is C16H32O4S2Si. The Kier molecular flexibility index (Phi) is 8.51. The summed E-state index contributed by atoms with van der Waals surface area (Å²) in [6.45, 7) is 17.1. The molecule has 0 aliphatic carbocycles. The van der Waals surface area contributed by atoms with Gasteiger partial charge in [-0.25, -0.2) is 0 Å². The minimum Gasteiger partial charge on any atom is -0.477 e. The van der Waals surface area contributed by atoms with Gasteiger partial charge < -0.3 is 18.6 Å². The lowest BCUT2D eigenvalue weighted by Crippen LogP contribution is -2.48. The van der Waals surface area contributed by atoms with Gasteiger partial charge in [-0.15, -0.1) is 0 Å². The maximum Gasteiger partial charge on any atom is 0.220 e. The average molecular weight is 381 g/mol. The fourth-order valence-corrected chi connectivity index (χ4v) is 4.85. The van der Waals surface area contributed by atoms with Crippen LogP contribution in [0.25, 0.3) is 0 Å². The van der Waals surface area contributed by atoms with Gasteiger partial charge in [-0.3, -0.25) is 0 Å². The Balaban J connectivity index is 2.86. The normalized spacial score (nSPS) is 20.9. The lowest BCUT2D eigenvalue weighted by atomic mass is 10.2. The van der Waals surface area contributed by atoms with Crippen LogP contribution in [0.1, 0.15) is 41.0 Å². The molecule has 7 heteroatoms. The molecular weight excluding hydrogens is 348 g/mol. The molecule has 0 aromatic carbocycles. The average Bonchev–Trinajstić information content (AvgIpc) is 2.83. The van der Waals surface area contributed by atoms with Gasteiger partial charge in [0.15, 0.2) is 14.6 Å². The topological polar surface area (TPSA) is 36.9 Å². The Morgan fingerprint density at radius 2 is 1.83 bits per heavy atom. The van der Waals surface area contributed by atoms with Crippen LogP contribution in [0.3, 0.4) is 0 Å². The number of ether oxygens (including phenoxy) is 3. The SMILES string of the molecule is CCOC(CC(O[Si](C)(C)C(C)(C)C)C1COC(=S)S1)OCC. The molecule has 0 N–H and O–H groups in total. The standard InChI is InChI=1S/C16H32O4S2Si/c1-8-17-14(18-9-2)10-12(13-11-19-15(21)22-13)20-23(6,7)16(3,4)5/h12-14H,8-11H2,1-7H3. The minimum atomic E-state index is -1.89. The summed E-state index contributed by atoms with van der Waals surface area (Å²) in [6.07, 6.45) is 0.483. The van der Waals surface area contributed by atoms with Crippen LogP contribution in [0.2, 0.25) is 18.1 Å². The van der Waals surface area contributed by atoms with Crippen molar-refractivity contribution in [1.82, 2.24) is 0 Å². The highest BCUT2D eigenvalue weighted by atomic mass is 32.2. The Morgan fingerprint density at radius 1 is 1.26 bits per heavy atom. The fourth-order valence-electron chi connectivity index (χ4n) is 2.10. The summed E-state index contributed by atoms with van der Waals surface area (Å²) in [5, 5.41) is 0.364. The third-order valence-corrected chi connectivity index (χ3v) is 10.4. The second-order valence-corrected chi connectivity index (χ2v) is 13.8. The molecule has 23 heavy (non-hydrogen) atoms. The van der Waals surface area contributed by atoms with Crippen LogP contribution in [0, 0.1) is 0 Å². The maximum absolute atomic E-state index is 6.68. The minimum absolute atomic E-state index is 0.0180. The van der Waals surface area contributed by atoms with Gasteiger partial charge in [0.2, 0.25) is 4.38 Å². The van der Waals surface area contributed by atoms with Crippen LogP contribution >= 0.6 is 24.0 Å². The molecule has 0 radical (unpaired) electrons. The third kappa shape index (κ3) is 6.63. The zero-order chi connectivity index (χ0) is 17.7. The van der Waals surface area contributed by atoms with E-state index in [1.807, 2.05) is 13.8 Å². The van der Waals surface area contributed by atoms with Crippen molar-refractivity contribution >= 4 is 36.7 Å². The van der Waals surface area contributed by atoms with E-state index in [0.717, 1.165) is 0 Å². The first kappa shape index (κ1) is 21.4. The molecule has 0 aromatic heterocycles. The summed E-state index contributed by atoms with van der Waals surface area (Å²) in [5.74, 6) is 0. The number of hydrogen-bond donors (Lipinski definition) is 0. The molecule has 1 heterocycles. The van der Waals surface area contributed by atoms with Crippen molar-refractivity contribution < 1.29 is 18.6 Å². The van der Waals surface area contributed by atoms with Crippen molar-refractivity contribution in [3.8, 4) is 0 Å².